The van der Waals surface area contributed by atoms with Crippen LogP contribution in [0.5, 0.6) is 0 Å². The van der Waals surface area contributed by atoms with Crippen molar-refractivity contribution in [3.05, 3.63) is 27.6 Å². The van der Waals surface area contributed by atoms with Gasteiger partial charge >= 0.3 is 0 Å². The molecule has 0 aromatic heterocycles. The first-order chi connectivity index (χ1) is 8.67. The van der Waals surface area contributed by atoms with Crippen molar-refractivity contribution in [2.45, 2.75) is 40.5 Å². The molecule has 19 heavy (non-hydrogen) atoms. The number of carbonyl (C=O) groups excluding carboxylic acids is 1. The highest BCUT2D eigenvalue weighted by atomic mass is 127. The maximum atomic E-state index is 13.0. The Kier molecular flexibility index (Phi) is 5.77. The molecule has 1 rings (SSSR count). The summed E-state index contributed by atoms with van der Waals surface area (Å²) in [6.07, 6.45) is 1.49. The summed E-state index contributed by atoms with van der Waals surface area (Å²) in [7, 11) is 0. The lowest BCUT2D eigenvalue weighted by atomic mass is 9.84. The number of anilines is 1. The summed E-state index contributed by atoms with van der Waals surface area (Å²) >= 11 is 2.02. The second-order valence-corrected chi connectivity index (χ2v) is 7.41. The third-order valence-electron chi connectivity index (χ3n) is 2.70. The van der Waals surface area contributed by atoms with Crippen LogP contribution < -0.4 is 5.32 Å². The average molecular weight is 377 g/mol. The second-order valence-electron chi connectivity index (χ2n) is 6.25. The fraction of sp³-hybridized carbons (Fsp3) is 0.533. The summed E-state index contributed by atoms with van der Waals surface area (Å²) in [6.45, 7) is 8.60. The van der Waals surface area contributed by atoms with Gasteiger partial charge in [-0.15, -0.1) is 0 Å². The molecule has 0 bridgehead atoms. The number of hydrogen-bond acceptors (Lipinski definition) is 1. The van der Waals surface area contributed by atoms with E-state index in [1.165, 1.54) is 12.1 Å². The SMILES string of the molecule is CC(CC(=O)Nc1ccc(F)cc1I)CC(C)(C)C. The molecule has 1 atom stereocenters. The molecule has 0 aliphatic carbocycles. The van der Waals surface area contributed by atoms with Crippen molar-refractivity contribution < 1.29 is 9.18 Å². The largest absolute Gasteiger partial charge is 0.325 e. The molecule has 0 fully saturated rings. The molecule has 0 heterocycles. The van der Waals surface area contributed by atoms with Gasteiger partial charge in [0.2, 0.25) is 5.91 Å². The summed E-state index contributed by atoms with van der Waals surface area (Å²) in [5.74, 6) is 0.0304. The Balaban J connectivity index is 2.56. The molecular weight excluding hydrogens is 356 g/mol. The van der Waals surface area contributed by atoms with E-state index in [-0.39, 0.29) is 17.1 Å². The minimum atomic E-state index is -0.288. The molecule has 0 spiro atoms. The van der Waals surface area contributed by atoms with Crippen LogP contribution in [0.15, 0.2) is 18.2 Å². The van der Waals surface area contributed by atoms with Crippen LogP contribution in [0.25, 0.3) is 0 Å². The maximum Gasteiger partial charge on any atom is 0.224 e. The topological polar surface area (TPSA) is 29.1 Å². The molecule has 4 heteroatoms. The number of rotatable bonds is 4. The summed E-state index contributed by atoms with van der Waals surface area (Å²) in [5, 5.41) is 2.84. The van der Waals surface area contributed by atoms with E-state index in [4.69, 9.17) is 0 Å². The number of benzene rings is 1. The Hall–Kier alpha value is -0.650. The van der Waals surface area contributed by atoms with Gasteiger partial charge in [0.25, 0.3) is 0 Å². The lowest BCUT2D eigenvalue weighted by molar-refractivity contribution is -0.117. The Bertz CT molecular complexity index is 454. The summed E-state index contributed by atoms with van der Waals surface area (Å²) in [6, 6.07) is 4.37. The molecule has 0 radical (unpaired) electrons. The summed E-state index contributed by atoms with van der Waals surface area (Å²) < 4.78 is 13.7. The second kappa shape index (κ2) is 6.68. The van der Waals surface area contributed by atoms with E-state index in [1.807, 2.05) is 22.6 Å². The van der Waals surface area contributed by atoms with Crippen molar-refractivity contribution in [1.82, 2.24) is 0 Å². The zero-order chi connectivity index (χ0) is 14.6. The van der Waals surface area contributed by atoms with Crippen molar-refractivity contribution in [3.63, 3.8) is 0 Å². The predicted molar refractivity (Wildman–Crippen MR) is 85.6 cm³/mol. The number of halogens is 2. The van der Waals surface area contributed by atoms with Crippen LogP contribution in [-0.2, 0) is 4.79 Å². The van der Waals surface area contributed by atoms with Crippen LogP contribution >= 0.6 is 22.6 Å². The highest BCUT2D eigenvalue weighted by Gasteiger charge is 2.18. The van der Waals surface area contributed by atoms with Crippen LogP contribution in [0.4, 0.5) is 10.1 Å². The highest BCUT2D eigenvalue weighted by molar-refractivity contribution is 14.1. The van der Waals surface area contributed by atoms with Crippen LogP contribution in [0.2, 0.25) is 0 Å². The first kappa shape index (κ1) is 16.4. The molecule has 0 aliphatic heterocycles. The van der Waals surface area contributed by atoms with Gasteiger partial charge in [-0.2, -0.15) is 0 Å². The van der Waals surface area contributed by atoms with Crippen LogP contribution in [0.1, 0.15) is 40.5 Å². The van der Waals surface area contributed by atoms with Gasteiger partial charge in [-0.1, -0.05) is 27.7 Å². The summed E-state index contributed by atoms with van der Waals surface area (Å²) in [5.41, 5.74) is 0.902. The fourth-order valence-electron chi connectivity index (χ4n) is 2.23. The third kappa shape index (κ3) is 6.36. The number of amides is 1. The number of nitrogens with one attached hydrogen (secondary N) is 1. The van der Waals surface area contributed by atoms with Gasteiger partial charge < -0.3 is 5.32 Å². The van der Waals surface area contributed by atoms with Crippen molar-refractivity contribution in [3.8, 4) is 0 Å². The van der Waals surface area contributed by atoms with Crippen molar-refractivity contribution in [1.29, 1.82) is 0 Å². The lowest BCUT2D eigenvalue weighted by Crippen LogP contribution is -2.19. The normalized spacial score (nSPS) is 13.2. The van der Waals surface area contributed by atoms with Crippen LogP contribution in [-0.4, -0.2) is 5.91 Å². The van der Waals surface area contributed by atoms with Crippen molar-refractivity contribution in [2.75, 3.05) is 5.32 Å². The fourth-order valence-corrected chi connectivity index (χ4v) is 2.84. The Morgan fingerprint density at radius 2 is 2.05 bits per heavy atom. The molecular formula is C15H21FINO. The van der Waals surface area contributed by atoms with E-state index in [0.29, 0.717) is 18.0 Å². The zero-order valence-electron chi connectivity index (χ0n) is 11.9. The van der Waals surface area contributed by atoms with Crippen LogP contribution in [0, 0.1) is 20.7 Å². The average Bonchev–Trinajstić information content (AvgIpc) is 2.19. The van der Waals surface area contributed by atoms with E-state index >= 15 is 0 Å². The highest BCUT2D eigenvalue weighted by Crippen LogP contribution is 2.26. The van der Waals surface area contributed by atoms with Crippen LogP contribution in [0.3, 0.4) is 0 Å². The van der Waals surface area contributed by atoms with E-state index in [1.54, 1.807) is 6.07 Å². The Morgan fingerprint density at radius 3 is 2.58 bits per heavy atom. The number of hydrogen-bond donors (Lipinski definition) is 1. The van der Waals surface area contributed by atoms with Gasteiger partial charge in [-0.05, 0) is 58.5 Å². The smallest absolute Gasteiger partial charge is 0.224 e. The first-order valence-electron chi connectivity index (χ1n) is 6.42. The molecule has 0 aliphatic rings. The molecule has 1 aromatic carbocycles. The molecule has 0 saturated carbocycles. The minimum Gasteiger partial charge on any atom is -0.325 e. The summed E-state index contributed by atoms with van der Waals surface area (Å²) in [4.78, 5) is 11.9. The van der Waals surface area contributed by atoms with Gasteiger partial charge in [0.15, 0.2) is 0 Å². The quantitative estimate of drug-likeness (QED) is 0.749. The van der Waals surface area contributed by atoms with Gasteiger partial charge in [0, 0.05) is 9.99 Å². The maximum absolute atomic E-state index is 13.0. The van der Waals surface area contributed by atoms with Gasteiger partial charge in [-0.3, -0.25) is 4.79 Å². The van der Waals surface area contributed by atoms with E-state index in [9.17, 15) is 9.18 Å². The standard InChI is InChI=1S/C15H21FINO/c1-10(9-15(2,3)4)7-14(19)18-13-6-5-11(16)8-12(13)17/h5-6,8,10H,7,9H2,1-4H3,(H,18,19). The molecule has 1 aromatic rings. The minimum absolute atomic E-state index is 0.0127. The molecule has 0 saturated heterocycles. The van der Waals surface area contributed by atoms with E-state index < -0.39 is 0 Å². The Morgan fingerprint density at radius 1 is 1.42 bits per heavy atom. The molecule has 106 valence electrons. The predicted octanol–water partition coefficient (Wildman–Crippen LogP) is 4.83. The molecule has 1 N–H and O–H groups in total. The van der Waals surface area contributed by atoms with Gasteiger partial charge in [0.05, 0.1) is 5.69 Å². The van der Waals surface area contributed by atoms with E-state index in [0.717, 1.165) is 9.99 Å². The monoisotopic (exact) mass is 377 g/mol. The lowest BCUT2D eigenvalue weighted by Gasteiger charge is -2.22. The molecule has 2 nitrogen and oxygen atoms in total. The third-order valence-corrected chi connectivity index (χ3v) is 3.59. The molecule has 1 unspecified atom stereocenters. The van der Waals surface area contributed by atoms with Gasteiger partial charge in [0.1, 0.15) is 5.82 Å². The van der Waals surface area contributed by atoms with Crippen molar-refractivity contribution >= 4 is 34.2 Å². The van der Waals surface area contributed by atoms with E-state index in [2.05, 4.69) is 33.0 Å². The van der Waals surface area contributed by atoms with Gasteiger partial charge in [-0.25, -0.2) is 4.39 Å². The first-order valence-corrected chi connectivity index (χ1v) is 7.50. The van der Waals surface area contributed by atoms with Crippen molar-refractivity contribution in [2.24, 2.45) is 11.3 Å². The molecule has 1 amide bonds. The number of carbonyl (C=O) groups is 1. The zero-order valence-corrected chi connectivity index (χ0v) is 14.0. The Labute approximate surface area is 128 Å².